The number of benzene rings is 3. The Hall–Kier alpha value is -4.07. The van der Waals surface area contributed by atoms with Gasteiger partial charge in [0, 0.05) is 11.3 Å². The molecule has 1 heterocycles. The molecule has 6 nitrogen and oxygen atoms in total. The van der Waals surface area contributed by atoms with E-state index in [2.05, 4.69) is 20.6 Å². The highest BCUT2D eigenvalue weighted by atomic mass is 19.1. The van der Waals surface area contributed by atoms with Gasteiger partial charge in [0.2, 0.25) is 5.91 Å². The van der Waals surface area contributed by atoms with E-state index in [0.29, 0.717) is 22.3 Å². The van der Waals surface area contributed by atoms with Crippen molar-refractivity contribution in [2.45, 2.75) is 0 Å². The third-order valence-corrected chi connectivity index (χ3v) is 4.39. The minimum absolute atomic E-state index is 0.0143. The van der Waals surface area contributed by atoms with Crippen molar-refractivity contribution in [3.8, 4) is 11.4 Å². The fourth-order valence-electron chi connectivity index (χ4n) is 2.95. The molecule has 0 spiro atoms. The summed E-state index contributed by atoms with van der Waals surface area (Å²) in [4.78, 5) is 31.3. The van der Waals surface area contributed by atoms with Gasteiger partial charge in [-0.2, -0.15) is 0 Å². The smallest absolute Gasteiger partial charge is 0.251 e. The molecule has 0 aliphatic carbocycles. The van der Waals surface area contributed by atoms with Crippen LogP contribution in [-0.4, -0.2) is 28.3 Å². The molecule has 0 saturated carbocycles. The molecule has 2 amide bonds. The second kappa shape index (κ2) is 8.12. The quantitative estimate of drug-likeness (QED) is 0.470. The van der Waals surface area contributed by atoms with Crippen LogP contribution in [0.2, 0.25) is 0 Å². The summed E-state index contributed by atoms with van der Waals surface area (Å²) in [5.74, 6) is -1.75. The van der Waals surface area contributed by atoms with E-state index in [4.69, 9.17) is 0 Å². The Bertz CT molecular complexity index is 1240. The zero-order chi connectivity index (χ0) is 21.1. The number of nitrogens with zero attached hydrogens (tertiary/aromatic N) is 1. The van der Waals surface area contributed by atoms with Crippen LogP contribution in [0.5, 0.6) is 0 Å². The van der Waals surface area contributed by atoms with Gasteiger partial charge in [0.25, 0.3) is 5.91 Å². The van der Waals surface area contributed by atoms with Gasteiger partial charge in [-0.05, 0) is 48.5 Å². The second-order valence-electron chi connectivity index (χ2n) is 6.54. The molecule has 0 radical (unpaired) electrons. The van der Waals surface area contributed by atoms with Gasteiger partial charge in [-0.25, -0.2) is 13.8 Å². The topological polar surface area (TPSA) is 86.9 Å². The Morgan fingerprint density at radius 2 is 1.77 bits per heavy atom. The van der Waals surface area contributed by atoms with E-state index in [-0.39, 0.29) is 23.8 Å². The maximum Gasteiger partial charge on any atom is 0.251 e. The largest absolute Gasteiger partial charge is 0.343 e. The molecule has 0 aliphatic heterocycles. The summed E-state index contributed by atoms with van der Waals surface area (Å²) >= 11 is 0. The number of nitrogens with one attached hydrogen (secondary N) is 3. The normalized spacial score (nSPS) is 10.7. The highest BCUT2D eigenvalue weighted by Crippen LogP contribution is 2.25. The molecule has 4 aromatic rings. The Kier molecular flexibility index (Phi) is 5.21. The fraction of sp³-hybridized carbons (Fsp3) is 0.0455. The predicted molar refractivity (Wildman–Crippen MR) is 109 cm³/mol. The Morgan fingerprint density at radius 1 is 0.967 bits per heavy atom. The third kappa shape index (κ3) is 4.17. The number of carbonyl (C=O) groups is 2. The van der Waals surface area contributed by atoms with Gasteiger partial charge >= 0.3 is 0 Å². The molecule has 0 bridgehead atoms. The molecule has 30 heavy (non-hydrogen) atoms. The van der Waals surface area contributed by atoms with Gasteiger partial charge in [-0.3, -0.25) is 9.59 Å². The highest BCUT2D eigenvalue weighted by Gasteiger charge is 2.13. The molecule has 8 heteroatoms. The summed E-state index contributed by atoms with van der Waals surface area (Å²) in [7, 11) is 0. The molecular weight excluding hydrogens is 390 g/mol. The Balaban J connectivity index is 1.45. The first-order valence-electron chi connectivity index (χ1n) is 9.08. The average molecular weight is 406 g/mol. The van der Waals surface area contributed by atoms with E-state index in [9.17, 15) is 18.4 Å². The number of aromatic nitrogens is 2. The van der Waals surface area contributed by atoms with Crippen LogP contribution < -0.4 is 10.6 Å². The molecule has 0 unspecified atom stereocenters. The van der Waals surface area contributed by atoms with Crippen molar-refractivity contribution >= 4 is 28.5 Å². The van der Waals surface area contributed by atoms with Crippen LogP contribution in [0.15, 0.2) is 66.7 Å². The van der Waals surface area contributed by atoms with Crippen molar-refractivity contribution in [2.24, 2.45) is 0 Å². The van der Waals surface area contributed by atoms with Crippen molar-refractivity contribution in [1.82, 2.24) is 15.3 Å². The lowest BCUT2D eigenvalue weighted by Gasteiger charge is -2.07. The highest BCUT2D eigenvalue weighted by molar-refractivity contribution is 6.00. The monoisotopic (exact) mass is 406 g/mol. The second-order valence-corrected chi connectivity index (χ2v) is 6.54. The van der Waals surface area contributed by atoms with Crippen LogP contribution in [0.1, 0.15) is 10.4 Å². The van der Waals surface area contributed by atoms with Gasteiger partial charge in [-0.15, -0.1) is 0 Å². The minimum atomic E-state index is -0.599. The number of hydrogen-bond donors (Lipinski definition) is 3. The fourth-order valence-corrected chi connectivity index (χ4v) is 2.95. The number of amides is 2. The van der Waals surface area contributed by atoms with E-state index in [1.54, 1.807) is 48.5 Å². The standard InChI is InChI=1S/C22H16F2N4O2/c23-14-6-8-17(24)16(10-14)21-27-18-9-7-15(11-19(18)28-21)26-20(29)12-25-22(30)13-4-2-1-3-5-13/h1-11H,12H2,(H,25,30)(H,26,29)(H,27,28). The lowest BCUT2D eigenvalue weighted by atomic mass is 10.2. The van der Waals surface area contributed by atoms with E-state index in [0.717, 1.165) is 18.2 Å². The van der Waals surface area contributed by atoms with Crippen LogP contribution >= 0.6 is 0 Å². The summed E-state index contributed by atoms with van der Waals surface area (Å²) < 4.78 is 27.4. The number of anilines is 1. The lowest BCUT2D eigenvalue weighted by Crippen LogP contribution is -2.32. The number of hydrogen-bond acceptors (Lipinski definition) is 3. The Labute approximate surface area is 170 Å². The van der Waals surface area contributed by atoms with Gasteiger partial charge in [0.1, 0.15) is 17.5 Å². The number of carbonyl (C=O) groups excluding carboxylic acids is 2. The molecule has 1 aromatic heterocycles. The molecule has 0 saturated heterocycles. The van der Waals surface area contributed by atoms with Crippen LogP contribution in [-0.2, 0) is 4.79 Å². The first-order valence-corrected chi connectivity index (χ1v) is 9.08. The van der Waals surface area contributed by atoms with Crippen molar-refractivity contribution in [3.63, 3.8) is 0 Å². The summed E-state index contributed by atoms with van der Waals surface area (Å²) in [6.45, 7) is -0.200. The number of halogens is 2. The first-order chi connectivity index (χ1) is 14.5. The van der Waals surface area contributed by atoms with Crippen LogP contribution in [0.4, 0.5) is 14.5 Å². The molecular formula is C22H16F2N4O2. The van der Waals surface area contributed by atoms with Crippen LogP contribution in [0.25, 0.3) is 22.4 Å². The van der Waals surface area contributed by atoms with Crippen molar-refractivity contribution in [2.75, 3.05) is 11.9 Å². The number of fused-ring (bicyclic) bond motifs is 1. The van der Waals surface area contributed by atoms with E-state index < -0.39 is 17.5 Å². The summed E-state index contributed by atoms with van der Waals surface area (Å²) in [5.41, 5.74) is 2.02. The molecule has 0 fully saturated rings. The van der Waals surface area contributed by atoms with Crippen molar-refractivity contribution in [1.29, 1.82) is 0 Å². The molecule has 3 N–H and O–H groups in total. The molecule has 3 aromatic carbocycles. The number of aromatic amines is 1. The lowest BCUT2D eigenvalue weighted by molar-refractivity contribution is -0.115. The summed E-state index contributed by atoms with van der Waals surface area (Å²) in [6, 6.07) is 16.6. The SMILES string of the molecule is O=C(CNC(=O)c1ccccc1)Nc1ccc2nc(-c3cc(F)ccc3F)[nH]c2c1. The number of H-pyrrole nitrogens is 1. The zero-order valence-electron chi connectivity index (χ0n) is 15.6. The van der Waals surface area contributed by atoms with Gasteiger partial charge < -0.3 is 15.6 Å². The van der Waals surface area contributed by atoms with Crippen LogP contribution in [0, 0.1) is 11.6 Å². The van der Waals surface area contributed by atoms with E-state index in [1.807, 2.05) is 0 Å². The van der Waals surface area contributed by atoms with E-state index in [1.165, 1.54) is 0 Å². The van der Waals surface area contributed by atoms with E-state index >= 15 is 0 Å². The van der Waals surface area contributed by atoms with Gasteiger partial charge in [-0.1, -0.05) is 18.2 Å². The van der Waals surface area contributed by atoms with Gasteiger partial charge in [0.15, 0.2) is 0 Å². The van der Waals surface area contributed by atoms with Crippen molar-refractivity contribution < 1.29 is 18.4 Å². The molecule has 150 valence electrons. The zero-order valence-corrected chi connectivity index (χ0v) is 15.6. The summed E-state index contributed by atoms with van der Waals surface area (Å²) in [5, 5.41) is 5.22. The number of imidazole rings is 1. The predicted octanol–water partition coefficient (Wildman–Crippen LogP) is 3.88. The summed E-state index contributed by atoms with van der Waals surface area (Å²) in [6.07, 6.45) is 0. The van der Waals surface area contributed by atoms with Crippen molar-refractivity contribution in [3.05, 3.63) is 83.9 Å². The minimum Gasteiger partial charge on any atom is -0.343 e. The maximum atomic E-state index is 14.0. The molecule has 4 rings (SSSR count). The molecule has 0 atom stereocenters. The third-order valence-electron chi connectivity index (χ3n) is 4.39. The first kappa shape index (κ1) is 19.3. The maximum absolute atomic E-state index is 14.0. The number of rotatable bonds is 5. The van der Waals surface area contributed by atoms with Gasteiger partial charge in [0.05, 0.1) is 23.1 Å². The average Bonchev–Trinajstić information content (AvgIpc) is 3.17. The van der Waals surface area contributed by atoms with Crippen LogP contribution in [0.3, 0.4) is 0 Å². The Morgan fingerprint density at radius 3 is 2.57 bits per heavy atom. The molecule has 0 aliphatic rings.